The van der Waals surface area contributed by atoms with E-state index in [2.05, 4.69) is 33.4 Å². The van der Waals surface area contributed by atoms with Crippen LogP contribution in [0, 0.1) is 5.92 Å². The van der Waals surface area contributed by atoms with Crippen LogP contribution in [0.3, 0.4) is 0 Å². The van der Waals surface area contributed by atoms with Gasteiger partial charge in [0.05, 0.1) is 0 Å². The third-order valence-corrected chi connectivity index (χ3v) is 8.42. The monoisotopic (exact) mass is 536 g/mol. The summed E-state index contributed by atoms with van der Waals surface area (Å²) in [5.41, 5.74) is 3.75. The molecule has 3 aromatic rings. The van der Waals surface area contributed by atoms with Crippen molar-refractivity contribution in [2.45, 2.75) is 6.42 Å². The van der Waals surface area contributed by atoms with Crippen LogP contribution in [-0.4, -0.2) is 78.3 Å². The second-order valence-electron chi connectivity index (χ2n) is 8.50. The van der Waals surface area contributed by atoms with Crippen molar-refractivity contribution < 1.29 is 19.0 Å². The van der Waals surface area contributed by atoms with Gasteiger partial charge in [-0.05, 0) is 0 Å². The Hall–Kier alpha value is -2.93. The van der Waals surface area contributed by atoms with E-state index < -0.39 is 15.8 Å². The molecular weight excluding hydrogens is 507 g/mol. The van der Waals surface area contributed by atoms with Gasteiger partial charge in [0.1, 0.15) is 0 Å². The van der Waals surface area contributed by atoms with Gasteiger partial charge in [-0.25, -0.2) is 0 Å². The summed E-state index contributed by atoms with van der Waals surface area (Å²) in [5, 5.41) is 2.98. The van der Waals surface area contributed by atoms with Crippen LogP contribution in [0.15, 0.2) is 54.7 Å². The Morgan fingerprint density at radius 3 is 2.66 bits per heavy atom. The quantitative estimate of drug-likeness (QED) is 0.457. The number of rotatable bonds is 7. The van der Waals surface area contributed by atoms with Crippen molar-refractivity contribution in [3.05, 3.63) is 54.7 Å². The number of amides is 1. The first-order chi connectivity index (χ1) is 17.2. The summed E-state index contributed by atoms with van der Waals surface area (Å²) in [4.78, 5) is 24.0. The summed E-state index contributed by atoms with van der Waals surface area (Å²) in [6.45, 7) is 4.37. The molecule has 2 aromatic carbocycles. The van der Waals surface area contributed by atoms with Gasteiger partial charge in [-0.1, -0.05) is 0 Å². The predicted molar refractivity (Wildman–Crippen MR) is 137 cm³/mol. The van der Waals surface area contributed by atoms with Crippen molar-refractivity contribution >= 4 is 42.0 Å². The second-order valence-corrected chi connectivity index (χ2v) is 11.2. The zero-order valence-electron chi connectivity index (χ0n) is 19.7. The molecule has 0 bridgehead atoms. The van der Waals surface area contributed by atoms with Crippen LogP contribution >= 0.6 is 0 Å². The van der Waals surface area contributed by atoms with Crippen molar-refractivity contribution in [1.82, 2.24) is 9.97 Å². The van der Waals surface area contributed by atoms with Crippen molar-refractivity contribution in [3.8, 4) is 17.0 Å². The van der Waals surface area contributed by atoms with Gasteiger partial charge in [0, 0.05) is 0 Å². The van der Waals surface area contributed by atoms with E-state index in [0.29, 0.717) is 13.2 Å². The SMILES string of the molecule is COc1cc([AsH]c2nccc(-c3ccc(NC(=O)C4CCOC4)cc3)n2)ccc1N1CCOCC1. The van der Waals surface area contributed by atoms with E-state index in [1.165, 1.54) is 4.35 Å². The van der Waals surface area contributed by atoms with Crippen molar-refractivity contribution in [1.29, 1.82) is 0 Å². The number of benzene rings is 2. The molecular formula is C26H29AsN4O4. The molecule has 5 rings (SSSR count). The summed E-state index contributed by atoms with van der Waals surface area (Å²) in [7, 11) is 1.72. The van der Waals surface area contributed by atoms with Crippen LogP contribution in [0.25, 0.3) is 11.3 Å². The molecule has 2 unspecified atom stereocenters. The van der Waals surface area contributed by atoms with Crippen LogP contribution < -0.4 is 23.9 Å². The Labute approximate surface area is 211 Å². The fraction of sp³-hybridized carbons (Fsp3) is 0.346. The summed E-state index contributed by atoms with van der Waals surface area (Å²) in [5.74, 6) is 0.830. The third-order valence-electron chi connectivity index (χ3n) is 6.19. The molecule has 2 atom stereocenters. The molecule has 1 N–H and O–H groups in total. The number of nitrogens with zero attached hydrogens (tertiary/aromatic N) is 3. The number of anilines is 2. The van der Waals surface area contributed by atoms with Crippen LogP contribution in [0.1, 0.15) is 6.42 Å². The molecule has 2 fully saturated rings. The number of ether oxygens (including phenoxy) is 3. The van der Waals surface area contributed by atoms with Gasteiger partial charge >= 0.3 is 212 Å². The number of morpholine rings is 1. The first kappa shape index (κ1) is 23.8. The molecule has 9 heteroatoms. The Morgan fingerprint density at radius 1 is 1.09 bits per heavy atom. The van der Waals surface area contributed by atoms with Crippen molar-refractivity contribution in [2.24, 2.45) is 5.92 Å². The topological polar surface area (TPSA) is 85.8 Å². The first-order valence-electron chi connectivity index (χ1n) is 11.8. The predicted octanol–water partition coefficient (Wildman–Crippen LogP) is 1.35. The Morgan fingerprint density at radius 2 is 1.91 bits per heavy atom. The van der Waals surface area contributed by atoms with Crippen LogP contribution in [0.2, 0.25) is 0 Å². The van der Waals surface area contributed by atoms with Gasteiger partial charge in [0.2, 0.25) is 0 Å². The van der Waals surface area contributed by atoms with E-state index in [0.717, 1.165) is 65.7 Å². The van der Waals surface area contributed by atoms with Crippen molar-refractivity contribution in [2.75, 3.05) is 56.8 Å². The number of nitrogens with one attached hydrogen (secondary N) is 1. The fourth-order valence-electron chi connectivity index (χ4n) is 4.24. The Bertz CT molecular complexity index is 1160. The summed E-state index contributed by atoms with van der Waals surface area (Å²) in [6.07, 6.45) is 2.59. The molecule has 3 heterocycles. The van der Waals surface area contributed by atoms with Gasteiger partial charge in [0.25, 0.3) is 0 Å². The molecule has 2 saturated heterocycles. The molecule has 0 radical (unpaired) electrons. The standard InChI is InChI=1S/C26H29AsN4O4/c1-33-24-16-20(4-7-23(24)31-11-14-34-15-12-31)27-26-28-10-8-22(30-26)18-2-5-21(6-3-18)29-25(32)19-9-13-35-17-19/h2-8,10,16,19,27H,9,11-15,17H2,1H3,(H,29,32). The molecule has 182 valence electrons. The molecule has 2 aliphatic rings. The van der Waals surface area contributed by atoms with E-state index in [1.54, 1.807) is 7.11 Å². The average Bonchev–Trinajstić information content (AvgIpc) is 3.45. The normalized spacial score (nSPS) is 18.2. The number of carbonyl (C=O) groups excluding carboxylic acids is 1. The molecule has 2 aliphatic heterocycles. The van der Waals surface area contributed by atoms with E-state index in [-0.39, 0.29) is 11.8 Å². The maximum atomic E-state index is 12.3. The number of methoxy groups -OCH3 is 1. The van der Waals surface area contributed by atoms with Gasteiger partial charge in [0.15, 0.2) is 0 Å². The molecule has 0 saturated carbocycles. The average molecular weight is 536 g/mol. The fourth-order valence-corrected chi connectivity index (χ4v) is 6.22. The summed E-state index contributed by atoms with van der Waals surface area (Å²) < 4.78 is 18.6. The number of aromatic nitrogens is 2. The van der Waals surface area contributed by atoms with Gasteiger partial charge < -0.3 is 0 Å². The molecule has 1 aromatic heterocycles. The Balaban J connectivity index is 1.27. The zero-order chi connectivity index (χ0) is 24.0. The number of carbonyl (C=O) groups is 1. The number of hydrogen-bond donors (Lipinski definition) is 1. The first-order valence-corrected chi connectivity index (χ1v) is 13.9. The van der Waals surface area contributed by atoms with Crippen LogP contribution in [0.5, 0.6) is 5.75 Å². The van der Waals surface area contributed by atoms with Crippen LogP contribution in [-0.2, 0) is 14.3 Å². The van der Waals surface area contributed by atoms with E-state index in [4.69, 9.17) is 19.2 Å². The molecule has 0 aliphatic carbocycles. The summed E-state index contributed by atoms with van der Waals surface area (Å²) >= 11 is -0.733. The molecule has 1 amide bonds. The van der Waals surface area contributed by atoms with Gasteiger partial charge in [-0.15, -0.1) is 0 Å². The van der Waals surface area contributed by atoms with E-state index >= 15 is 0 Å². The van der Waals surface area contributed by atoms with E-state index in [9.17, 15) is 4.79 Å². The van der Waals surface area contributed by atoms with Crippen LogP contribution in [0.4, 0.5) is 11.4 Å². The Kier molecular flexibility index (Phi) is 7.62. The minimum absolute atomic E-state index is 0.0139. The third kappa shape index (κ3) is 5.84. The molecule has 8 nitrogen and oxygen atoms in total. The molecule has 0 spiro atoms. The molecule has 35 heavy (non-hydrogen) atoms. The maximum absolute atomic E-state index is 12.3. The van der Waals surface area contributed by atoms with Gasteiger partial charge in [-0.2, -0.15) is 0 Å². The van der Waals surface area contributed by atoms with Gasteiger partial charge in [-0.3, -0.25) is 0 Å². The van der Waals surface area contributed by atoms with Crippen molar-refractivity contribution in [3.63, 3.8) is 0 Å². The van der Waals surface area contributed by atoms with E-state index in [1.807, 2.05) is 36.5 Å². The number of hydrogen-bond acceptors (Lipinski definition) is 7. The zero-order valence-corrected chi connectivity index (χ0v) is 21.8. The second kappa shape index (κ2) is 11.2. The summed E-state index contributed by atoms with van der Waals surface area (Å²) in [6, 6.07) is 16.1. The minimum atomic E-state index is -0.733.